The summed E-state index contributed by atoms with van der Waals surface area (Å²) in [6.45, 7) is 5.14. The van der Waals surface area contributed by atoms with Gasteiger partial charge in [-0.15, -0.1) is 22.6 Å². The number of pyridine rings is 1. The fraction of sp³-hybridized carbons (Fsp3) is 0.350. The number of nitrogens with one attached hydrogen (secondary N) is 1. The maximum absolute atomic E-state index is 14.7. The topological polar surface area (TPSA) is 153 Å². The zero-order valence-corrected chi connectivity index (χ0v) is 22.2. The van der Waals surface area contributed by atoms with Crippen LogP contribution in [-0.4, -0.2) is 49.8 Å². The lowest BCUT2D eigenvalue weighted by atomic mass is 10.2. The third-order valence-corrected chi connectivity index (χ3v) is 6.39. The van der Waals surface area contributed by atoms with Gasteiger partial charge in [0.15, 0.2) is 11.6 Å². The summed E-state index contributed by atoms with van der Waals surface area (Å²) in [5.41, 5.74) is 6.89. The number of rotatable bonds is 10. The van der Waals surface area contributed by atoms with Crippen molar-refractivity contribution < 1.29 is 28.0 Å². The molecule has 0 bridgehead atoms. The number of phosphoric acid groups is 1. The Morgan fingerprint density at radius 3 is 2.51 bits per heavy atom. The molecule has 0 aliphatic carbocycles. The van der Waals surface area contributed by atoms with Gasteiger partial charge in [0, 0.05) is 29.4 Å². The molecule has 2 aromatic heterocycles. The van der Waals surface area contributed by atoms with E-state index in [1.807, 2.05) is 26.0 Å². The molecule has 0 fully saturated rings. The normalized spacial score (nSPS) is 13.3. The van der Waals surface area contributed by atoms with Gasteiger partial charge >= 0.3 is 7.82 Å². The summed E-state index contributed by atoms with van der Waals surface area (Å²) in [7, 11) is -4.71. The molecule has 0 amide bonds. The van der Waals surface area contributed by atoms with E-state index < -0.39 is 25.8 Å². The standard InChI is InChI=1S/C20H24ClFN5O5PS.ClH/c1-10(2)25-18-5-4-12(8-24-18)19-26-27-20(34-19)13-6-15(22)17(7-14(13)21)31-9-16(23)11(3)32-33(28,29)30;/h4-8,10-11,16H,9,23H2,1-3H3,(H,24,25)(H2,28,29,30);1H/t11-,16+;/m1./s1. The predicted octanol–water partition coefficient (Wildman–Crippen LogP) is 4.51. The van der Waals surface area contributed by atoms with Crippen molar-refractivity contribution in [3.63, 3.8) is 0 Å². The van der Waals surface area contributed by atoms with Crippen molar-refractivity contribution in [1.82, 2.24) is 15.2 Å². The molecule has 3 aromatic rings. The van der Waals surface area contributed by atoms with E-state index in [2.05, 4.69) is 25.0 Å². The molecule has 15 heteroatoms. The third-order valence-electron chi connectivity index (χ3n) is 4.46. The molecule has 5 N–H and O–H groups in total. The van der Waals surface area contributed by atoms with Crippen LogP contribution in [0.2, 0.25) is 5.02 Å². The minimum absolute atomic E-state index is 0. The predicted molar refractivity (Wildman–Crippen MR) is 136 cm³/mol. The van der Waals surface area contributed by atoms with E-state index in [1.165, 1.54) is 30.4 Å². The van der Waals surface area contributed by atoms with E-state index in [0.29, 0.717) is 15.6 Å². The van der Waals surface area contributed by atoms with Crippen LogP contribution in [0.25, 0.3) is 21.1 Å². The average molecular weight is 568 g/mol. The van der Waals surface area contributed by atoms with Crippen molar-refractivity contribution >= 4 is 49.0 Å². The van der Waals surface area contributed by atoms with Gasteiger partial charge in [-0.3, -0.25) is 4.52 Å². The molecule has 0 saturated heterocycles. The molecule has 2 atom stereocenters. The van der Waals surface area contributed by atoms with Gasteiger partial charge in [-0.2, -0.15) is 0 Å². The van der Waals surface area contributed by atoms with Crippen LogP contribution in [0.1, 0.15) is 20.8 Å². The van der Waals surface area contributed by atoms with Crippen LogP contribution in [0.4, 0.5) is 10.2 Å². The maximum Gasteiger partial charge on any atom is 0.469 e. The molecular weight excluding hydrogens is 543 g/mol. The van der Waals surface area contributed by atoms with E-state index in [4.69, 9.17) is 31.9 Å². The molecular formula is C20H25Cl2FN5O5PS. The van der Waals surface area contributed by atoms with E-state index in [0.717, 1.165) is 11.4 Å². The van der Waals surface area contributed by atoms with Crippen molar-refractivity contribution in [3.8, 4) is 26.9 Å². The van der Waals surface area contributed by atoms with Crippen LogP contribution in [0, 0.1) is 5.82 Å². The first-order chi connectivity index (χ1) is 15.9. The fourth-order valence-electron chi connectivity index (χ4n) is 2.77. The molecule has 3 rings (SSSR count). The maximum atomic E-state index is 14.7. The van der Waals surface area contributed by atoms with Crippen molar-refractivity contribution in [2.75, 3.05) is 11.9 Å². The van der Waals surface area contributed by atoms with E-state index in [9.17, 15) is 8.96 Å². The van der Waals surface area contributed by atoms with Gasteiger partial charge in [0.25, 0.3) is 0 Å². The van der Waals surface area contributed by atoms with Crippen LogP contribution >= 0.6 is 43.2 Å². The van der Waals surface area contributed by atoms with E-state index >= 15 is 0 Å². The second-order valence-corrected chi connectivity index (χ2v) is 10.3. The molecule has 0 aliphatic rings. The molecule has 192 valence electrons. The Balaban J connectivity index is 0.00000432. The highest BCUT2D eigenvalue weighted by Gasteiger charge is 2.25. The Labute approximate surface area is 216 Å². The number of nitrogens with zero attached hydrogens (tertiary/aromatic N) is 3. The van der Waals surface area contributed by atoms with Gasteiger partial charge in [0.05, 0.1) is 17.2 Å². The van der Waals surface area contributed by atoms with Gasteiger partial charge in [0.1, 0.15) is 22.4 Å². The van der Waals surface area contributed by atoms with Gasteiger partial charge in [0.2, 0.25) is 0 Å². The van der Waals surface area contributed by atoms with Crippen molar-refractivity contribution in [3.05, 3.63) is 41.3 Å². The number of ether oxygens (including phenoxy) is 1. The van der Waals surface area contributed by atoms with E-state index in [1.54, 1.807) is 6.20 Å². The number of halogens is 3. The highest BCUT2D eigenvalue weighted by molar-refractivity contribution is 7.46. The molecule has 0 spiro atoms. The van der Waals surface area contributed by atoms with Crippen LogP contribution in [0.15, 0.2) is 30.5 Å². The summed E-state index contributed by atoms with van der Waals surface area (Å²) in [5.74, 6) is -0.140. The highest BCUT2D eigenvalue weighted by Crippen LogP contribution is 2.39. The molecule has 2 heterocycles. The van der Waals surface area contributed by atoms with Crippen molar-refractivity contribution in [2.45, 2.75) is 39.0 Å². The van der Waals surface area contributed by atoms with Gasteiger partial charge in [-0.05, 0) is 39.0 Å². The molecule has 1 aromatic carbocycles. The first kappa shape index (κ1) is 29.3. The summed E-state index contributed by atoms with van der Waals surface area (Å²) >= 11 is 7.57. The summed E-state index contributed by atoms with van der Waals surface area (Å²) in [4.78, 5) is 22.1. The van der Waals surface area contributed by atoms with Crippen molar-refractivity contribution in [1.29, 1.82) is 0 Å². The van der Waals surface area contributed by atoms with Crippen LogP contribution < -0.4 is 15.8 Å². The number of benzene rings is 1. The molecule has 0 unspecified atom stereocenters. The largest absolute Gasteiger partial charge is 0.489 e. The number of nitrogens with two attached hydrogens (primary N) is 1. The lowest BCUT2D eigenvalue weighted by Crippen LogP contribution is -2.39. The first-order valence-electron chi connectivity index (χ1n) is 10.1. The quantitative estimate of drug-likeness (QED) is 0.257. The zero-order chi connectivity index (χ0) is 25.0. The minimum atomic E-state index is -4.71. The Hall–Kier alpha value is -1.89. The average Bonchev–Trinajstić information content (AvgIpc) is 3.22. The number of phosphoric ester groups is 1. The SMILES string of the molecule is CC(C)Nc1ccc(-c2nnc(-c3cc(F)c(OC[C@H](N)[C@@H](C)OP(=O)(O)O)cc3Cl)s2)cn1.Cl. The molecule has 35 heavy (non-hydrogen) atoms. The number of hydrogen-bond acceptors (Lipinski definition) is 9. The Morgan fingerprint density at radius 2 is 1.91 bits per heavy atom. The highest BCUT2D eigenvalue weighted by atomic mass is 35.5. The van der Waals surface area contributed by atoms with Gasteiger partial charge < -0.3 is 25.6 Å². The van der Waals surface area contributed by atoms with Crippen LogP contribution in [0.5, 0.6) is 5.75 Å². The second kappa shape index (κ2) is 12.4. The number of anilines is 1. The summed E-state index contributed by atoms with van der Waals surface area (Å²) in [6, 6.07) is 5.49. The lowest BCUT2D eigenvalue weighted by Gasteiger charge is -2.21. The second-order valence-electron chi connectivity index (χ2n) is 7.68. The Kier molecular flexibility index (Phi) is 10.4. The summed E-state index contributed by atoms with van der Waals surface area (Å²) < 4.78 is 35.5. The number of aromatic nitrogens is 3. The Morgan fingerprint density at radius 1 is 1.23 bits per heavy atom. The minimum Gasteiger partial charge on any atom is -0.489 e. The first-order valence-corrected chi connectivity index (χ1v) is 12.8. The third kappa shape index (κ3) is 8.33. The molecule has 0 saturated carbocycles. The van der Waals surface area contributed by atoms with Gasteiger partial charge in [-0.25, -0.2) is 13.9 Å². The Bertz CT molecular complexity index is 1180. The molecule has 0 aliphatic heterocycles. The summed E-state index contributed by atoms with van der Waals surface area (Å²) in [5, 5.41) is 12.7. The van der Waals surface area contributed by atoms with E-state index in [-0.39, 0.29) is 35.8 Å². The number of hydrogen-bond donors (Lipinski definition) is 4. The lowest BCUT2D eigenvalue weighted by molar-refractivity contribution is 0.106. The zero-order valence-electron chi connectivity index (χ0n) is 18.9. The monoisotopic (exact) mass is 567 g/mol. The van der Waals surface area contributed by atoms with Gasteiger partial charge in [-0.1, -0.05) is 22.9 Å². The smallest absolute Gasteiger partial charge is 0.469 e. The fourth-order valence-corrected chi connectivity index (χ4v) is 4.52. The van der Waals surface area contributed by atoms with Crippen LogP contribution in [-0.2, 0) is 9.09 Å². The van der Waals surface area contributed by atoms with Crippen LogP contribution in [0.3, 0.4) is 0 Å². The summed E-state index contributed by atoms with van der Waals surface area (Å²) in [6.07, 6.45) is 0.650. The molecule has 10 nitrogen and oxygen atoms in total. The van der Waals surface area contributed by atoms with Crippen molar-refractivity contribution in [2.24, 2.45) is 5.73 Å². The molecule has 0 radical (unpaired) electrons.